The first-order valence-electron chi connectivity index (χ1n) is 7.91. The van der Waals surface area contributed by atoms with Crippen LogP contribution < -0.4 is 10.1 Å². The molecule has 2 aromatic carbocycles. The summed E-state index contributed by atoms with van der Waals surface area (Å²) in [5.41, 5.74) is 0.744. The van der Waals surface area contributed by atoms with Crippen molar-refractivity contribution in [2.45, 2.75) is 6.54 Å². The van der Waals surface area contributed by atoms with Crippen molar-refractivity contribution < 1.29 is 19.2 Å². The van der Waals surface area contributed by atoms with Gasteiger partial charge in [0, 0.05) is 41.3 Å². The van der Waals surface area contributed by atoms with Crippen molar-refractivity contribution in [3.8, 4) is 5.75 Å². The van der Waals surface area contributed by atoms with Gasteiger partial charge in [0.1, 0.15) is 5.75 Å². The lowest BCUT2D eigenvalue weighted by Crippen LogP contribution is -2.37. The van der Waals surface area contributed by atoms with E-state index in [-0.39, 0.29) is 23.7 Å². The van der Waals surface area contributed by atoms with Gasteiger partial charge < -0.3 is 15.0 Å². The van der Waals surface area contributed by atoms with Gasteiger partial charge in [-0.05, 0) is 24.3 Å². The topological polar surface area (TPSA) is 102 Å². The monoisotopic (exact) mass is 435 g/mol. The number of nitro benzene ring substituents is 1. The molecule has 2 amide bonds. The van der Waals surface area contributed by atoms with Gasteiger partial charge in [-0.2, -0.15) is 0 Å². The molecule has 0 aliphatic heterocycles. The maximum absolute atomic E-state index is 12.3. The van der Waals surface area contributed by atoms with Crippen LogP contribution >= 0.6 is 15.9 Å². The van der Waals surface area contributed by atoms with Crippen LogP contribution in [0.5, 0.6) is 5.75 Å². The lowest BCUT2D eigenvalue weighted by molar-refractivity contribution is -0.384. The summed E-state index contributed by atoms with van der Waals surface area (Å²) in [5.74, 6) is -0.213. The van der Waals surface area contributed by atoms with Crippen LogP contribution in [0.15, 0.2) is 46.9 Å². The minimum atomic E-state index is -0.582. The summed E-state index contributed by atoms with van der Waals surface area (Å²) in [6.07, 6.45) is 0. The molecule has 9 heteroatoms. The molecule has 0 saturated heterocycles. The number of hydrogen-bond acceptors (Lipinski definition) is 5. The number of amides is 2. The Morgan fingerprint density at radius 1 is 1.26 bits per heavy atom. The van der Waals surface area contributed by atoms with Gasteiger partial charge in [0.2, 0.25) is 5.91 Å². The van der Waals surface area contributed by atoms with E-state index in [4.69, 9.17) is 4.74 Å². The minimum Gasteiger partial charge on any atom is -0.496 e. The number of non-ortho nitro benzene ring substituents is 1. The van der Waals surface area contributed by atoms with E-state index in [1.807, 2.05) is 12.1 Å². The van der Waals surface area contributed by atoms with Crippen molar-refractivity contribution in [3.05, 3.63) is 68.2 Å². The lowest BCUT2D eigenvalue weighted by Gasteiger charge is -2.19. The molecule has 0 bridgehead atoms. The molecule has 0 aliphatic rings. The average Bonchev–Trinajstić information content (AvgIpc) is 2.66. The third-order valence-corrected chi connectivity index (χ3v) is 4.29. The predicted octanol–water partition coefficient (Wildman–Crippen LogP) is 2.75. The van der Waals surface area contributed by atoms with Crippen molar-refractivity contribution in [1.82, 2.24) is 10.2 Å². The van der Waals surface area contributed by atoms with Crippen molar-refractivity contribution >= 4 is 33.4 Å². The Hall–Kier alpha value is -2.94. The fourth-order valence-electron chi connectivity index (χ4n) is 2.37. The van der Waals surface area contributed by atoms with E-state index in [1.54, 1.807) is 20.2 Å². The van der Waals surface area contributed by atoms with Crippen LogP contribution in [-0.2, 0) is 11.3 Å². The maximum Gasteiger partial charge on any atom is 0.270 e. The number of carbonyl (C=O) groups excluding carboxylic acids is 2. The van der Waals surface area contributed by atoms with Crippen LogP contribution in [0.25, 0.3) is 0 Å². The standard InChI is InChI=1S/C18H18BrN3O5/c1-21(11-13-8-14(19)6-7-16(13)27-2)17(23)10-20-18(24)12-4-3-5-15(9-12)22(25)26/h3-9H,10-11H2,1-2H3,(H,20,24). The van der Waals surface area contributed by atoms with Crippen LogP contribution in [-0.4, -0.2) is 42.3 Å². The lowest BCUT2D eigenvalue weighted by atomic mass is 10.2. The summed E-state index contributed by atoms with van der Waals surface area (Å²) in [4.78, 5) is 36.1. The van der Waals surface area contributed by atoms with Crippen LogP contribution in [0.4, 0.5) is 5.69 Å². The number of ether oxygens (including phenoxy) is 1. The molecule has 2 aromatic rings. The summed E-state index contributed by atoms with van der Waals surface area (Å²) in [6, 6.07) is 10.8. The SMILES string of the molecule is COc1ccc(Br)cc1CN(C)C(=O)CNC(=O)c1cccc([N+](=O)[O-])c1. The van der Waals surface area contributed by atoms with Gasteiger partial charge >= 0.3 is 0 Å². The number of nitrogens with one attached hydrogen (secondary N) is 1. The third kappa shape index (κ3) is 5.52. The molecule has 0 unspecified atom stereocenters. The van der Waals surface area contributed by atoms with Crippen molar-refractivity contribution in [2.24, 2.45) is 0 Å². The Bertz CT molecular complexity index is 872. The quantitative estimate of drug-likeness (QED) is 0.531. The minimum absolute atomic E-state index is 0.119. The zero-order valence-electron chi connectivity index (χ0n) is 14.8. The van der Waals surface area contributed by atoms with Gasteiger partial charge in [-0.15, -0.1) is 0 Å². The van der Waals surface area contributed by atoms with Crippen LogP contribution in [0.3, 0.4) is 0 Å². The molecule has 0 fully saturated rings. The molecule has 1 N–H and O–H groups in total. The molecule has 0 radical (unpaired) electrons. The molecular formula is C18H18BrN3O5. The summed E-state index contributed by atoms with van der Waals surface area (Å²) in [7, 11) is 3.16. The third-order valence-electron chi connectivity index (χ3n) is 3.80. The van der Waals surface area contributed by atoms with Gasteiger partial charge in [0.15, 0.2) is 0 Å². The van der Waals surface area contributed by atoms with Gasteiger partial charge in [-0.25, -0.2) is 0 Å². The zero-order valence-corrected chi connectivity index (χ0v) is 16.4. The largest absolute Gasteiger partial charge is 0.496 e. The molecule has 2 rings (SSSR count). The summed E-state index contributed by atoms with van der Waals surface area (Å²) >= 11 is 3.38. The average molecular weight is 436 g/mol. The number of rotatable bonds is 7. The van der Waals surface area contributed by atoms with Crippen molar-refractivity contribution in [3.63, 3.8) is 0 Å². The Morgan fingerprint density at radius 2 is 2.00 bits per heavy atom. The first-order valence-corrected chi connectivity index (χ1v) is 8.70. The molecule has 0 saturated carbocycles. The van der Waals surface area contributed by atoms with Crippen LogP contribution in [0, 0.1) is 10.1 Å². The molecule has 0 atom stereocenters. The molecule has 0 heterocycles. The fourth-order valence-corrected chi connectivity index (χ4v) is 2.78. The Kier molecular flexibility index (Phi) is 6.89. The normalized spacial score (nSPS) is 10.2. The number of halogens is 1. The van der Waals surface area contributed by atoms with Crippen molar-refractivity contribution in [1.29, 1.82) is 0 Å². The summed E-state index contributed by atoms with van der Waals surface area (Å²) in [5, 5.41) is 13.3. The summed E-state index contributed by atoms with van der Waals surface area (Å²) < 4.78 is 6.14. The number of benzene rings is 2. The highest BCUT2D eigenvalue weighted by Crippen LogP contribution is 2.24. The highest BCUT2D eigenvalue weighted by Gasteiger charge is 2.16. The highest BCUT2D eigenvalue weighted by atomic mass is 79.9. The predicted molar refractivity (Wildman–Crippen MR) is 103 cm³/mol. The number of carbonyl (C=O) groups is 2. The van der Waals surface area contributed by atoms with Crippen LogP contribution in [0.1, 0.15) is 15.9 Å². The zero-order chi connectivity index (χ0) is 20.0. The molecule has 0 spiro atoms. The second-order valence-corrected chi connectivity index (χ2v) is 6.61. The van der Waals surface area contributed by atoms with E-state index in [0.717, 1.165) is 16.1 Å². The number of hydrogen-bond donors (Lipinski definition) is 1. The van der Waals surface area contributed by atoms with E-state index in [0.29, 0.717) is 12.3 Å². The summed E-state index contributed by atoms with van der Waals surface area (Å²) in [6.45, 7) is 0.0719. The number of nitrogens with zero attached hydrogens (tertiary/aromatic N) is 2. The van der Waals surface area contributed by atoms with Crippen molar-refractivity contribution in [2.75, 3.05) is 20.7 Å². The van der Waals surface area contributed by atoms with Crippen LogP contribution in [0.2, 0.25) is 0 Å². The molecule has 0 aliphatic carbocycles. The maximum atomic E-state index is 12.3. The van der Waals surface area contributed by atoms with E-state index in [2.05, 4.69) is 21.2 Å². The highest BCUT2D eigenvalue weighted by molar-refractivity contribution is 9.10. The molecule has 142 valence electrons. The first kappa shape index (κ1) is 20.4. The smallest absolute Gasteiger partial charge is 0.270 e. The number of methoxy groups -OCH3 is 1. The van der Waals surface area contributed by atoms with E-state index < -0.39 is 10.8 Å². The number of likely N-dealkylation sites (N-methyl/N-ethyl adjacent to an activating group) is 1. The Labute approximate surface area is 164 Å². The van der Waals surface area contributed by atoms with Gasteiger partial charge in [0.25, 0.3) is 11.6 Å². The van der Waals surface area contributed by atoms with Gasteiger partial charge in [0.05, 0.1) is 18.6 Å². The Balaban J connectivity index is 1.97. The molecule has 0 aromatic heterocycles. The van der Waals surface area contributed by atoms with Gasteiger partial charge in [-0.1, -0.05) is 22.0 Å². The number of nitro groups is 1. The second kappa shape index (κ2) is 9.13. The molecule has 27 heavy (non-hydrogen) atoms. The second-order valence-electron chi connectivity index (χ2n) is 5.70. The first-order chi connectivity index (χ1) is 12.8. The Morgan fingerprint density at radius 3 is 2.67 bits per heavy atom. The fraction of sp³-hybridized carbons (Fsp3) is 0.222. The molecular weight excluding hydrogens is 418 g/mol. The van der Waals surface area contributed by atoms with E-state index in [1.165, 1.54) is 23.1 Å². The van der Waals surface area contributed by atoms with Gasteiger partial charge in [-0.3, -0.25) is 19.7 Å². The van der Waals surface area contributed by atoms with E-state index >= 15 is 0 Å². The van der Waals surface area contributed by atoms with E-state index in [9.17, 15) is 19.7 Å². The molecule has 8 nitrogen and oxygen atoms in total.